The van der Waals surface area contributed by atoms with Crippen molar-refractivity contribution in [1.29, 1.82) is 0 Å². The van der Waals surface area contributed by atoms with E-state index in [1.165, 1.54) is 6.07 Å². The van der Waals surface area contributed by atoms with Crippen molar-refractivity contribution in [3.63, 3.8) is 0 Å². The average Bonchev–Trinajstić information content (AvgIpc) is 2.63. The zero-order valence-corrected chi connectivity index (χ0v) is 17.0. The summed E-state index contributed by atoms with van der Waals surface area (Å²) in [5.74, 6) is 0.329. The van der Waals surface area contributed by atoms with Gasteiger partial charge in [-0.25, -0.2) is 0 Å². The predicted molar refractivity (Wildman–Crippen MR) is 106 cm³/mol. The monoisotopic (exact) mass is 421 g/mol. The summed E-state index contributed by atoms with van der Waals surface area (Å²) in [7, 11) is 0. The second-order valence-corrected chi connectivity index (χ2v) is 6.56. The number of carbonyl (C=O) groups is 1. The molecule has 1 saturated heterocycles. The van der Waals surface area contributed by atoms with E-state index in [4.69, 9.17) is 10.5 Å². The second-order valence-electron chi connectivity index (χ2n) is 6.56. The van der Waals surface area contributed by atoms with E-state index in [9.17, 15) is 13.6 Å². The highest BCUT2D eigenvalue weighted by Gasteiger charge is 2.23. The van der Waals surface area contributed by atoms with Crippen molar-refractivity contribution >= 4 is 18.3 Å². The van der Waals surface area contributed by atoms with Gasteiger partial charge in [0, 0.05) is 32.1 Å². The van der Waals surface area contributed by atoms with Gasteiger partial charge in [-0.3, -0.25) is 9.69 Å². The number of benzene rings is 1. The van der Waals surface area contributed by atoms with Crippen molar-refractivity contribution in [2.45, 2.75) is 51.8 Å². The van der Waals surface area contributed by atoms with E-state index in [0.717, 1.165) is 31.4 Å². The van der Waals surface area contributed by atoms with Crippen molar-refractivity contribution in [3.8, 4) is 11.5 Å². The van der Waals surface area contributed by atoms with Crippen molar-refractivity contribution in [1.82, 2.24) is 10.2 Å². The van der Waals surface area contributed by atoms with Crippen molar-refractivity contribution in [2.24, 2.45) is 5.73 Å². The van der Waals surface area contributed by atoms with Crippen LogP contribution in [0.25, 0.3) is 0 Å². The van der Waals surface area contributed by atoms with Crippen molar-refractivity contribution < 1.29 is 23.0 Å². The Hall–Kier alpha value is -1.64. The number of halogens is 3. The van der Waals surface area contributed by atoms with Gasteiger partial charge in [0.2, 0.25) is 5.91 Å². The summed E-state index contributed by atoms with van der Waals surface area (Å²) in [6.07, 6.45) is 3.56. The van der Waals surface area contributed by atoms with Crippen LogP contribution in [-0.4, -0.2) is 49.7 Å². The fourth-order valence-electron chi connectivity index (χ4n) is 3.30. The molecule has 0 spiro atoms. The fraction of sp³-hybridized carbons (Fsp3) is 0.632. The molecule has 0 saturated carbocycles. The van der Waals surface area contributed by atoms with Gasteiger partial charge in [0.1, 0.15) is 0 Å². The van der Waals surface area contributed by atoms with E-state index in [2.05, 4.69) is 15.0 Å². The second kappa shape index (κ2) is 12.7. The molecule has 1 unspecified atom stereocenters. The predicted octanol–water partition coefficient (Wildman–Crippen LogP) is 2.93. The van der Waals surface area contributed by atoms with Crippen molar-refractivity contribution in [2.75, 3.05) is 26.2 Å². The van der Waals surface area contributed by atoms with E-state index in [1.54, 1.807) is 19.1 Å². The van der Waals surface area contributed by atoms with Crippen LogP contribution in [0.5, 0.6) is 11.5 Å². The molecule has 1 aromatic rings. The number of rotatable bonds is 10. The van der Waals surface area contributed by atoms with Gasteiger partial charge in [-0.2, -0.15) is 8.78 Å². The van der Waals surface area contributed by atoms with Gasteiger partial charge in [0.25, 0.3) is 0 Å². The van der Waals surface area contributed by atoms with Gasteiger partial charge in [-0.05, 0) is 44.0 Å². The van der Waals surface area contributed by atoms with E-state index in [1.807, 2.05) is 0 Å². The van der Waals surface area contributed by atoms with Crippen LogP contribution in [0.4, 0.5) is 8.78 Å². The normalized spacial score (nSPS) is 17.1. The quantitative estimate of drug-likeness (QED) is 0.607. The zero-order chi connectivity index (χ0) is 19.6. The van der Waals surface area contributed by atoms with Gasteiger partial charge in [-0.15, -0.1) is 12.4 Å². The summed E-state index contributed by atoms with van der Waals surface area (Å²) < 4.78 is 35.1. The Bertz CT molecular complexity index is 608. The first-order valence-electron chi connectivity index (χ1n) is 9.44. The topological polar surface area (TPSA) is 76.8 Å². The molecule has 28 heavy (non-hydrogen) atoms. The lowest BCUT2D eigenvalue weighted by Crippen LogP contribution is -2.46. The molecule has 1 aliphatic rings. The average molecular weight is 422 g/mol. The number of nitrogens with two attached hydrogens (primary N) is 1. The standard InChI is InChI=1S/C19H29F2N3O3.ClH/c1-2-26-17-11-14(6-7-16(17)27-19(20)21)13-24-10-4-3-5-15(24)12-23-18(25)8-9-22;/h6-7,11,15,19H,2-5,8-10,12-13,22H2,1H3,(H,23,25);1H. The lowest BCUT2D eigenvalue weighted by Gasteiger charge is -2.36. The third-order valence-corrected chi connectivity index (χ3v) is 4.57. The molecule has 3 N–H and O–H groups in total. The van der Waals surface area contributed by atoms with Crippen LogP contribution >= 0.6 is 12.4 Å². The minimum Gasteiger partial charge on any atom is -0.490 e. The molecule has 1 heterocycles. The number of piperidine rings is 1. The number of nitrogens with one attached hydrogen (secondary N) is 1. The van der Waals surface area contributed by atoms with Crippen LogP contribution in [0.1, 0.15) is 38.2 Å². The number of carbonyl (C=O) groups excluding carboxylic acids is 1. The van der Waals surface area contributed by atoms with Crippen LogP contribution in [0, 0.1) is 0 Å². The third-order valence-electron chi connectivity index (χ3n) is 4.57. The molecule has 1 amide bonds. The number of nitrogens with zero attached hydrogens (tertiary/aromatic N) is 1. The molecule has 1 aliphatic heterocycles. The number of ether oxygens (including phenoxy) is 2. The zero-order valence-electron chi connectivity index (χ0n) is 16.2. The number of alkyl halides is 2. The SMILES string of the molecule is CCOc1cc(CN2CCCCC2CNC(=O)CCN)ccc1OC(F)F.Cl. The molecular formula is C19H30ClF2N3O3. The minimum absolute atomic E-state index is 0. The van der Waals surface area contributed by atoms with E-state index < -0.39 is 6.61 Å². The summed E-state index contributed by atoms with van der Waals surface area (Å²) in [5, 5.41) is 2.94. The third kappa shape index (κ3) is 7.77. The maximum absolute atomic E-state index is 12.5. The van der Waals surface area contributed by atoms with Crippen molar-refractivity contribution in [3.05, 3.63) is 23.8 Å². The minimum atomic E-state index is -2.89. The number of hydrogen-bond acceptors (Lipinski definition) is 5. The lowest BCUT2D eigenvalue weighted by atomic mass is 10.0. The Morgan fingerprint density at radius 3 is 2.82 bits per heavy atom. The molecule has 2 rings (SSSR count). The largest absolute Gasteiger partial charge is 0.490 e. The molecule has 1 atom stereocenters. The van der Waals surface area contributed by atoms with Gasteiger partial charge in [-0.1, -0.05) is 12.5 Å². The Balaban J connectivity index is 0.00000392. The van der Waals surface area contributed by atoms with Gasteiger partial charge >= 0.3 is 6.61 Å². The fourth-order valence-corrected chi connectivity index (χ4v) is 3.30. The molecular weight excluding hydrogens is 392 g/mol. The summed E-state index contributed by atoms with van der Waals surface area (Å²) in [4.78, 5) is 14.0. The van der Waals surface area contributed by atoms with E-state index in [0.29, 0.717) is 38.4 Å². The summed E-state index contributed by atoms with van der Waals surface area (Å²) in [5.41, 5.74) is 6.37. The van der Waals surface area contributed by atoms with Crippen LogP contribution in [0.15, 0.2) is 18.2 Å². The van der Waals surface area contributed by atoms with Crippen LogP contribution in [-0.2, 0) is 11.3 Å². The Labute approximate surface area is 171 Å². The van der Waals surface area contributed by atoms with Gasteiger partial charge < -0.3 is 20.5 Å². The van der Waals surface area contributed by atoms with Gasteiger partial charge in [0.05, 0.1) is 6.61 Å². The summed E-state index contributed by atoms with van der Waals surface area (Å²) in [6.45, 7) is 1.78. The summed E-state index contributed by atoms with van der Waals surface area (Å²) >= 11 is 0. The lowest BCUT2D eigenvalue weighted by molar-refractivity contribution is -0.121. The first-order valence-corrected chi connectivity index (χ1v) is 9.44. The highest BCUT2D eigenvalue weighted by Crippen LogP contribution is 2.31. The molecule has 6 nitrogen and oxygen atoms in total. The maximum atomic E-state index is 12.5. The first-order chi connectivity index (χ1) is 13.0. The highest BCUT2D eigenvalue weighted by atomic mass is 35.5. The Kier molecular flexibility index (Phi) is 11.1. The molecule has 9 heteroatoms. The van der Waals surface area contributed by atoms with Crippen LogP contribution in [0.3, 0.4) is 0 Å². The molecule has 0 bridgehead atoms. The van der Waals surface area contributed by atoms with Crippen LogP contribution < -0.4 is 20.5 Å². The number of amides is 1. The molecule has 0 aliphatic carbocycles. The highest BCUT2D eigenvalue weighted by molar-refractivity contribution is 5.85. The summed E-state index contributed by atoms with van der Waals surface area (Å²) in [6, 6.07) is 5.29. The molecule has 1 fully saturated rings. The molecule has 0 radical (unpaired) electrons. The smallest absolute Gasteiger partial charge is 0.387 e. The van der Waals surface area contributed by atoms with E-state index >= 15 is 0 Å². The molecule has 160 valence electrons. The molecule has 0 aromatic heterocycles. The first kappa shape index (κ1) is 24.4. The number of likely N-dealkylation sites (tertiary alicyclic amines) is 1. The Morgan fingerprint density at radius 2 is 2.14 bits per heavy atom. The van der Waals surface area contributed by atoms with E-state index in [-0.39, 0.29) is 30.1 Å². The number of hydrogen-bond donors (Lipinski definition) is 2. The van der Waals surface area contributed by atoms with Gasteiger partial charge in [0.15, 0.2) is 11.5 Å². The Morgan fingerprint density at radius 1 is 1.36 bits per heavy atom. The molecule has 1 aromatic carbocycles. The maximum Gasteiger partial charge on any atom is 0.387 e. The van der Waals surface area contributed by atoms with Crippen LogP contribution in [0.2, 0.25) is 0 Å².